The molecule has 0 bridgehead atoms. The van der Waals surface area contributed by atoms with E-state index in [1.807, 2.05) is 54.8 Å². The van der Waals surface area contributed by atoms with Crippen molar-refractivity contribution in [3.8, 4) is 0 Å². The van der Waals surface area contributed by atoms with Crippen LogP contribution in [-0.4, -0.2) is 40.0 Å². The second-order valence-electron chi connectivity index (χ2n) is 8.12. The number of likely N-dealkylation sites (N-methyl/N-ethyl adjacent to an activating group) is 1. The summed E-state index contributed by atoms with van der Waals surface area (Å²) in [5.74, 6) is -1.39. The monoisotopic (exact) mass is 453 g/mol. The molecule has 8 heteroatoms. The minimum absolute atomic E-state index is 0.0494. The average Bonchev–Trinajstić information content (AvgIpc) is 3.38. The highest BCUT2D eigenvalue weighted by molar-refractivity contribution is 7.17. The molecule has 4 rings (SSSR count). The van der Waals surface area contributed by atoms with Gasteiger partial charge in [-0.05, 0) is 62.3 Å². The summed E-state index contributed by atoms with van der Waals surface area (Å²) in [5.41, 5.74) is 2.16. The first-order chi connectivity index (χ1) is 15.5. The lowest BCUT2D eigenvalue weighted by Crippen LogP contribution is -2.40. The third-order valence-electron chi connectivity index (χ3n) is 6.15. The van der Waals surface area contributed by atoms with Gasteiger partial charge in [-0.25, -0.2) is 0 Å². The van der Waals surface area contributed by atoms with Gasteiger partial charge in [0.2, 0.25) is 5.91 Å². The van der Waals surface area contributed by atoms with Crippen LogP contribution in [0.4, 0.5) is 5.69 Å². The summed E-state index contributed by atoms with van der Waals surface area (Å²) in [6, 6.07) is 13.2. The number of hydrogen-bond donors (Lipinski definition) is 2. The highest BCUT2D eigenvalue weighted by atomic mass is 32.1. The molecule has 2 N–H and O–H groups in total. The molecule has 0 aliphatic heterocycles. The van der Waals surface area contributed by atoms with Crippen LogP contribution < -0.4 is 10.2 Å². The van der Waals surface area contributed by atoms with Gasteiger partial charge in [-0.2, -0.15) is 0 Å². The number of fused-ring (bicyclic) bond motifs is 1. The summed E-state index contributed by atoms with van der Waals surface area (Å²) in [5, 5.41) is 14.2. The number of aliphatic carboxylic acids is 1. The van der Waals surface area contributed by atoms with E-state index in [4.69, 9.17) is 0 Å². The molecule has 1 aliphatic carbocycles. The normalized spacial score (nSPS) is 18.4. The van der Waals surface area contributed by atoms with E-state index >= 15 is 0 Å². The zero-order valence-corrected chi connectivity index (χ0v) is 18.8. The van der Waals surface area contributed by atoms with Crippen LogP contribution in [0.5, 0.6) is 0 Å². The first-order valence-electron chi connectivity index (χ1n) is 10.9. The smallest absolute Gasteiger partial charge is 0.306 e. The molecule has 1 saturated carbocycles. The molecule has 1 aliphatic rings. The second-order valence-corrected chi connectivity index (χ2v) is 9.07. The molecule has 3 aromatic rings. The lowest BCUT2D eigenvalue weighted by Gasteiger charge is -2.27. The summed E-state index contributed by atoms with van der Waals surface area (Å²) in [6.45, 7) is 2.53. The Bertz CT molecular complexity index is 1110. The number of nitrogens with zero attached hydrogens (tertiary/aromatic N) is 2. The molecule has 7 nitrogen and oxygen atoms in total. The third-order valence-corrected chi connectivity index (χ3v) is 7.00. The molecule has 2 heterocycles. The number of hydrogen-bond acceptors (Lipinski definition) is 4. The van der Waals surface area contributed by atoms with Crippen LogP contribution in [0.15, 0.2) is 47.8 Å². The largest absolute Gasteiger partial charge is 0.481 e. The van der Waals surface area contributed by atoms with Gasteiger partial charge < -0.3 is 19.9 Å². The fourth-order valence-corrected chi connectivity index (χ4v) is 5.23. The van der Waals surface area contributed by atoms with Gasteiger partial charge in [0.1, 0.15) is 12.2 Å². The Morgan fingerprint density at radius 2 is 1.84 bits per heavy atom. The van der Waals surface area contributed by atoms with Crippen LogP contribution in [-0.2, 0) is 16.1 Å². The van der Waals surface area contributed by atoms with Crippen molar-refractivity contribution < 1.29 is 19.5 Å². The molecule has 1 aromatic carbocycles. The van der Waals surface area contributed by atoms with Crippen molar-refractivity contribution in [1.29, 1.82) is 0 Å². The number of carbonyl (C=O) groups excluding carboxylic acids is 2. The molecule has 1 fully saturated rings. The van der Waals surface area contributed by atoms with E-state index in [2.05, 4.69) is 5.32 Å². The number of anilines is 1. The van der Waals surface area contributed by atoms with E-state index < -0.39 is 5.97 Å². The van der Waals surface area contributed by atoms with Gasteiger partial charge in [-0.1, -0.05) is 18.2 Å². The highest BCUT2D eigenvalue weighted by Gasteiger charge is 2.28. The summed E-state index contributed by atoms with van der Waals surface area (Å²) < 4.78 is 2.75. The number of nitrogens with one attached hydrogen (secondary N) is 1. The SMILES string of the molecule is CCN(C(=O)Cn1c(C(=O)NC2CCC(C(=O)O)CC2)cc2sccc21)c1ccccc1. The first-order valence-corrected chi connectivity index (χ1v) is 11.8. The van der Waals surface area contributed by atoms with Crippen LogP contribution >= 0.6 is 11.3 Å². The van der Waals surface area contributed by atoms with Crippen molar-refractivity contribution in [3.63, 3.8) is 0 Å². The van der Waals surface area contributed by atoms with Crippen molar-refractivity contribution >= 4 is 45.0 Å². The Morgan fingerprint density at radius 1 is 1.12 bits per heavy atom. The molecular formula is C24H27N3O4S. The number of carbonyl (C=O) groups is 3. The van der Waals surface area contributed by atoms with Gasteiger partial charge in [0, 0.05) is 18.3 Å². The van der Waals surface area contributed by atoms with Gasteiger partial charge in [0.25, 0.3) is 5.91 Å². The molecule has 0 spiro atoms. The standard InChI is InChI=1S/C24H27N3O4S/c1-2-26(18-6-4-3-5-7-18)22(28)15-27-19-12-13-32-21(19)14-20(27)23(29)25-17-10-8-16(9-11-17)24(30)31/h3-7,12-14,16-17H,2,8-11,15H2,1H3,(H,25,29)(H,30,31). The number of rotatable bonds is 7. The predicted octanol–water partition coefficient (Wildman–Crippen LogP) is 4.13. The van der Waals surface area contributed by atoms with E-state index in [9.17, 15) is 19.5 Å². The lowest BCUT2D eigenvalue weighted by molar-refractivity contribution is -0.142. The van der Waals surface area contributed by atoms with Gasteiger partial charge in [-0.15, -0.1) is 11.3 Å². The molecule has 2 aromatic heterocycles. The number of amides is 2. The van der Waals surface area contributed by atoms with E-state index in [0.29, 0.717) is 37.9 Å². The topological polar surface area (TPSA) is 91.6 Å². The maximum Gasteiger partial charge on any atom is 0.306 e. The van der Waals surface area contributed by atoms with Gasteiger partial charge in [-0.3, -0.25) is 14.4 Å². The van der Waals surface area contributed by atoms with Crippen LogP contribution in [0.2, 0.25) is 0 Å². The Morgan fingerprint density at radius 3 is 2.50 bits per heavy atom. The molecule has 32 heavy (non-hydrogen) atoms. The zero-order chi connectivity index (χ0) is 22.7. The van der Waals surface area contributed by atoms with Crippen LogP contribution in [0.25, 0.3) is 10.2 Å². The summed E-state index contributed by atoms with van der Waals surface area (Å²) in [4.78, 5) is 39.2. The molecule has 168 valence electrons. The van der Waals surface area contributed by atoms with Crippen LogP contribution in [0.3, 0.4) is 0 Å². The Kier molecular flexibility index (Phi) is 6.60. The van der Waals surface area contributed by atoms with Crippen LogP contribution in [0, 0.1) is 5.92 Å². The van der Waals surface area contributed by atoms with Crippen molar-refractivity contribution in [2.24, 2.45) is 5.92 Å². The van der Waals surface area contributed by atoms with Crippen molar-refractivity contribution in [3.05, 3.63) is 53.5 Å². The summed E-state index contributed by atoms with van der Waals surface area (Å²) in [6.07, 6.45) is 2.43. The van der Waals surface area contributed by atoms with Crippen molar-refractivity contribution in [1.82, 2.24) is 9.88 Å². The minimum Gasteiger partial charge on any atom is -0.481 e. The van der Waals surface area contributed by atoms with Crippen molar-refractivity contribution in [2.75, 3.05) is 11.4 Å². The zero-order valence-electron chi connectivity index (χ0n) is 18.0. The highest BCUT2D eigenvalue weighted by Crippen LogP contribution is 2.28. The minimum atomic E-state index is -0.763. The van der Waals surface area contributed by atoms with Gasteiger partial charge in [0.05, 0.1) is 16.1 Å². The molecule has 0 unspecified atom stereocenters. The molecular weight excluding hydrogens is 426 g/mol. The molecule has 0 saturated heterocycles. The predicted molar refractivity (Wildman–Crippen MR) is 125 cm³/mol. The third kappa shape index (κ3) is 4.55. The summed E-state index contributed by atoms with van der Waals surface area (Å²) in [7, 11) is 0. The van der Waals surface area contributed by atoms with E-state index in [0.717, 1.165) is 15.9 Å². The number of benzene rings is 1. The first kappa shape index (κ1) is 22.1. The number of thiophene rings is 1. The van der Waals surface area contributed by atoms with E-state index in [1.54, 1.807) is 9.47 Å². The van der Waals surface area contributed by atoms with Crippen LogP contribution in [0.1, 0.15) is 43.1 Å². The fourth-order valence-electron chi connectivity index (χ4n) is 4.41. The fraction of sp³-hybridized carbons (Fsp3) is 0.375. The van der Waals surface area contributed by atoms with Gasteiger partial charge >= 0.3 is 5.97 Å². The van der Waals surface area contributed by atoms with E-state index in [-0.39, 0.29) is 30.3 Å². The van der Waals surface area contributed by atoms with Crippen molar-refractivity contribution in [2.45, 2.75) is 45.2 Å². The lowest BCUT2D eigenvalue weighted by atomic mass is 9.86. The number of carboxylic acid groups (broad SMARTS) is 1. The number of aromatic nitrogens is 1. The Hall–Kier alpha value is -3.13. The molecule has 0 radical (unpaired) electrons. The molecule has 0 atom stereocenters. The number of para-hydroxylation sites is 1. The second kappa shape index (κ2) is 9.56. The molecule has 2 amide bonds. The maximum atomic E-state index is 13.2. The maximum absolute atomic E-state index is 13.2. The van der Waals surface area contributed by atoms with Gasteiger partial charge in [0.15, 0.2) is 0 Å². The Balaban J connectivity index is 1.52. The van der Waals surface area contributed by atoms with E-state index in [1.165, 1.54) is 11.3 Å². The average molecular weight is 454 g/mol. The Labute approximate surface area is 190 Å². The quantitative estimate of drug-likeness (QED) is 0.563. The summed E-state index contributed by atoms with van der Waals surface area (Å²) >= 11 is 1.54. The number of carboxylic acids is 1.